The quantitative estimate of drug-likeness (QED) is 0.793. The number of amides is 2. The smallest absolute Gasteiger partial charge is 0.223 e. The molecule has 2 saturated heterocycles. The number of piperidine rings is 1. The van der Waals surface area contributed by atoms with Crippen molar-refractivity contribution in [1.29, 1.82) is 0 Å². The molecule has 102 valence electrons. The maximum absolute atomic E-state index is 12.0. The molecule has 2 amide bonds. The summed E-state index contributed by atoms with van der Waals surface area (Å²) in [6.07, 6.45) is 2.61. The van der Waals surface area contributed by atoms with E-state index in [1.54, 1.807) is 6.92 Å². The molecule has 1 atom stereocenters. The maximum Gasteiger partial charge on any atom is 0.223 e. The fourth-order valence-corrected chi connectivity index (χ4v) is 2.59. The zero-order chi connectivity index (χ0) is 13.0. The van der Waals surface area contributed by atoms with Gasteiger partial charge in [-0.15, -0.1) is 0 Å². The van der Waals surface area contributed by atoms with E-state index in [0.717, 1.165) is 39.0 Å². The summed E-state index contributed by atoms with van der Waals surface area (Å²) in [7, 11) is 0. The van der Waals surface area contributed by atoms with E-state index in [4.69, 9.17) is 4.74 Å². The first-order chi connectivity index (χ1) is 8.66. The molecular formula is C13H22N2O3. The molecule has 0 spiro atoms. The summed E-state index contributed by atoms with van der Waals surface area (Å²) in [5, 5.41) is 3.02. The van der Waals surface area contributed by atoms with Gasteiger partial charge in [-0.05, 0) is 19.3 Å². The molecule has 5 heteroatoms. The molecule has 0 bridgehead atoms. The fourth-order valence-electron chi connectivity index (χ4n) is 2.59. The van der Waals surface area contributed by atoms with Crippen LogP contribution in [0.15, 0.2) is 0 Å². The van der Waals surface area contributed by atoms with Crippen molar-refractivity contribution in [3.8, 4) is 0 Å². The van der Waals surface area contributed by atoms with Crippen LogP contribution in [0.3, 0.4) is 0 Å². The monoisotopic (exact) mass is 254 g/mol. The van der Waals surface area contributed by atoms with Gasteiger partial charge in [-0.1, -0.05) is 0 Å². The van der Waals surface area contributed by atoms with Crippen LogP contribution in [0.1, 0.15) is 26.2 Å². The number of likely N-dealkylation sites (tertiary alicyclic amines) is 1. The minimum atomic E-state index is 0.0721. The Kier molecular flexibility index (Phi) is 4.58. The van der Waals surface area contributed by atoms with E-state index in [1.807, 2.05) is 4.90 Å². The third-order valence-electron chi connectivity index (χ3n) is 3.90. The van der Waals surface area contributed by atoms with Gasteiger partial charge in [0.1, 0.15) is 0 Å². The molecule has 18 heavy (non-hydrogen) atoms. The number of ether oxygens (including phenoxy) is 1. The molecule has 0 aromatic rings. The second kappa shape index (κ2) is 6.18. The van der Waals surface area contributed by atoms with Crippen molar-refractivity contribution in [1.82, 2.24) is 10.2 Å². The van der Waals surface area contributed by atoms with E-state index in [0.29, 0.717) is 19.0 Å². The van der Waals surface area contributed by atoms with Crippen LogP contribution in [0.25, 0.3) is 0 Å². The van der Waals surface area contributed by atoms with E-state index < -0.39 is 0 Å². The molecule has 5 nitrogen and oxygen atoms in total. The van der Waals surface area contributed by atoms with Crippen LogP contribution < -0.4 is 5.32 Å². The van der Waals surface area contributed by atoms with Gasteiger partial charge in [0, 0.05) is 45.0 Å². The number of rotatable bonds is 3. The Morgan fingerprint density at radius 1 is 1.28 bits per heavy atom. The number of hydrogen-bond acceptors (Lipinski definition) is 3. The summed E-state index contributed by atoms with van der Waals surface area (Å²) in [6.45, 7) is 5.31. The van der Waals surface area contributed by atoms with Crippen molar-refractivity contribution in [2.45, 2.75) is 26.2 Å². The maximum atomic E-state index is 12.0. The van der Waals surface area contributed by atoms with Crippen LogP contribution in [0, 0.1) is 11.8 Å². The average molecular weight is 254 g/mol. The van der Waals surface area contributed by atoms with Crippen LogP contribution in [-0.4, -0.2) is 49.6 Å². The van der Waals surface area contributed by atoms with Crippen LogP contribution in [-0.2, 0) is 14.3 Å². The molecule has 2 heterocycles. The number of carbonyl (C=O) groups excluding carboxylic acids is 2. The highest BCUT2D eigenvalue weighted by molar-refractivity contribution is 5.79. The first-order valence-corrected chi connectivity index (χ1v) is 6.78. The minimum absolute atomic E-state index is 0.0721. The lowest BCUT2D eigenvalue weighted by atomic mass is 9.95. The van der Waals surface area contributed by atoms with Crippen molar-refractivity contribution in [2.24, 2.45) is 11.8 Å². The highest BCUT2D eigenvalue weighted by Gasteiger charge is 2.26. The van der Waals surface area contributed by atoms with E-state index in [9.17, 15) is 9.59 Å². The van der Waals surface area contributed by atoms with Crippen LogP contribution in [0.5, 0.6) is 0 Å². The molecule has 2 aliphatic rings. The topological polar surface area (TPSA) is 58.6 Å². The Balaban J connectivity index is 1.68. The predicted octanol–water partition coefficient (Wildman–Crippen LogP) is 0.398. The van der Waals surface area contributed by atoms with Gasteiger partial charge in [0.15, 0.2) is 0 Å². The number of nitrogens with zero attached hydrogens (tertiary/aromatic N) is 1. The van der Waals surface area contributed by atoms with Gasteiger partial charge >= 0.3 is 0 Å². The van der Waals surface area contributed by atoms with Crippen molar-refractivity contribution < 1.29 is 14.3 Å². The van der Waals surface area contributed by atoms with Crippen molar-refractivity contribution >= 4 is 11.8 Å². The Morgan fingerprint density at radius 2 is 2.00 bits per heavy atom. The summed E-state index contributed by atoms with van der Waals surface area (Å²) in [6, 6.07) is 0. The second-order valence-corrected chi connectivity index (χ2v) is 5.26. The van der Waals surface area contributed by atoms with Gasteiger partial charge in [0.05, 0.1) is 6.61 Å². The average Bonchev–Trinajstić information content (AvgIpc) is 2.89. The Bertz CT molecular complexity index is 305. The zero-order valence-corrected chi connectivity index (χ0v) is 11.0. The normalized spacial score (nSPS) is 25.2. The van der Waals surface area contributed by atoms with Crippen LogP contribution in [0.2, 0.25) is 0 Å². The van der Waals surface area contributed by atoms with Gasteiger partial charge in [0.2, 0.25) is 11.8 Å². The Labute approximate surface area is 108 Å². The van der Waals surface area contributed by atoms with Gasteiger partial charge in [-0.2, -0.15) is 0 Å². The zero-order valence-electron chi connectivity index (χ0n) is 11.0. The second-order valence-electron chi connectivity index (χ2n) is 5.26. The van der Waals surface area contributed by atoms with Crippen LogP contribution >= 0.6 is 0 Å². The molecule has 0 aliphatic carbocycles. The largest absolute Gasteiger partial charge is 0.381 e. The predicted molar refractivity (Wildman–Crippen MR) is 66.9 cm³/mol. The van der Waals surface area contributed by atoms with Gasteiger partial charge in [-0.3, -0.25) is 9.59 Å². The highest BCUT2D eigenvalue weighted by Crippen LogP contribution is 2.18. The lowest BCUT2D eigenvalue weighted by Crippen LogP contribution is -2.43. The number of hydrogen-bond donors (Lipinski definition) is 1. The third kappa shape index (κ3) is 3.45. The van der Waals surface area contributed by atoms with E-state index in [2.05, 4.69) is 5.32 Å². The van der Waals surface area contributed by atoms with Crippen molar-refractivity contribution in [3.05, 3.63) is 0 Å². The Hall–Kier alpha value is -1.10. The fraction of sp³-hybridized carbons (Fsp3) is 0.846. The summed E-state index contributed by atoms with van der Waals surface area (Å²) in [5.74, 6) is 0.802. The van der Waals surface area contributed by atoms with Crippen LogP contribution in [0.4, 0.5) is 0 Å². The molecule has 2 fully saturated rings. The summed E-state index contributed by atoms with van der Waals surface area (Å²) in [5.41, 5.74) is 0. The first-order valence-electron chi connectivity index (χ1n) is 6.78. The minimum Gasteiger partial charge on any atom is -0.381 e. The molecule has 0 aromatic heterocycles. The molecule has 2 rings (SSSR count). The molecule has 2 aliphatic heterocycles. The van der Waals surface area contributed by atoms with E-state index >= 15 is 0 Å². The van der Waals surface area contributed by atoms with Crippen molar-refractivity contribution in [2.75, 3.05) is 32.8 Å². The molecular weight excluding hydrogens is 232 g/mol. The number of carbonyl (C=O) groups is 2. The summed E-state index contributed by atoms with van der Waals surface area (Å²) in [4.78, 5) is 25.0. The lowest BCUT2D eigenvalue weighted by Gasteiger charge is -2.30. The SMILES string of the molecule is CC(=O)N1CCC(C(=O)NCC2CCOC2)CC1. The first kappa shape index (κ1) is 13.3. The van der Waals surface area contributed by atoms with Crippen molar-refractivity contribution in [3.63, 3.8) is 0 Å². The highest BCUT2D eigenvalue weighted by atomic mass is 16.5. The number of nitrogens with one attached hydrogen (secondary N) is 1. The van der Waals surface area contributed by atoms with Gasteiger partial charge < -0.3 is 15.0 Å². The molecule has 0 radical (unpaired) electrons. The van der Waals surface area contributed by atoms with Gasteiger partial charge in [0.25, 0.3) is 0 Å². The standard InChI is InChI=1S/C13H22N2O3/c1-10(16)15-5-2-12(3-6-15)13(17)14-8-11-4-7-18-9-11/h11-12H,2-9H2,1H3,(H,14,17). The summed E-state index contributed by atoms with van der Waals surface area (Å²) >= 11 is 0. The van der Waals surface area contributed by atoms with Gasteiger partial charge in [-0.25, -0.2) is 0 Å². The van der Waals surface area contributed by atoms with E-state index in [-0.39, 0.29) is 17.7 Å². The Morgan fingerprint density at radius 3 is 2.56 bits per heavy atom. The third-order valence-corrected chi connectivity index (χ3v) is 3.90. The molecule has 0 aromatic carbocycles. The lowest BCUT2D eigenvalue weighted by molar-refractivity contribution is -0.134. The molecule has 1 N–H and O–H groups in total. The summed E-state index contributed by atoms with van der Waals surface area (Å²) < 4.78 is 5.28. The molecule has 0 saturated carbocycles. The van der Waals surface area contributed by atoms with E-state index in [1.165, 1.54) is 0 Å². The molecule has 1 unspecified atom stereocenters.